The number of fused-ring (bicyclic) bond motifs is 5. The van der Waals surface area contributed by atoms with Crippen molar-refractivity contribution in [2.24, 2.45) is 40.4 Å². The summed E-state index contributed by atoms with van der Waals surface area (Å²) >= 11 is 0. The van der Waals surface area contributed by atoms with Crippen LogP contribution in [0.15, 0.2) is 0 Å². The summed E-state index contributed by atoms with van der Waals surface area (Å²) in [7, 11) is 0. The van der Waals surface area contributed by atoms with Crippen LogP contribution in [0.5, 0.6) is 0 Å². The molecule has 0 amide bonds. The molecule has 0 aromatic heterocycles. The molecule has 25 heavy (non-hydrogen) atoms. The molecule has 0 aromatic carbocycles. The summed E-state index contributed by atoms with van der Waals surface area (Å²) in [6.07, 6.45) is 7.97. The van der Waals surface area contributed by atoms with E-state index in [0.717, 1.165) is 44.9 Å². The Morgan fingerprint density at radius 3 is 2.52 bits per heavy atom. The molecule has 4 fully saturated rings. The molecule has 4 aliphatic carbocycles. The van der Waals surface area contributed by atoms with Crippen LogP contribution in [0.4, 0.5) is 0 Å². The minimum Gasteiger partial charge on any atom is -0.381 e. The largest absolute Gasteiger partial charge is 0.381 e. The van der Waals surface area contributed by atoms with Crippen molar-refractivity contribution in [1.29, 1.82) is 0 Å². The zero-order chi connectivity index (χ0) is 18.2. The van der Waals surface area contributed by atoms with Crippen molar-refractivity contribution in [1.82, 2.24) is 0 Å². The van der Waals surface area contributed by atoms with Gasteiger partial charge in [0.15, 0.2) is 5.78 Å². The quantitative estimate of drug-likeness (QED) is 0.775. The van der Waals surface area contributed by atoms with Crippen LogP contribution in [0.3, 0.4) is 0 Å². The lowest BCUT2D eigenvalue weighted by Gasteiger charge is -2.60. The maximum Gasteiger partial charge on any atom is 0.162 e. The van der Waals surface area contributed by atoms with E-state index in [2.05, 4.69) is 20.8 Å². The average Bonchev–Trinajstić information content (AvgIpc) is 2.77. The Morgan fingerprint density at radius 1 is 1.12 bits per heavy atom. The summed E-state index contributed by atoms with van der Waals surface area (Å²) < 4.78 is 0. The Bertz CT molecular complexity index is 612. The van der Waals surface area contributed by atoms with E-state index < -0.39 is 5.60 Å². The van der Waals surface area contributed by atoms with Gasteiger partial charge in [0, 0.05) is 18.3 Å². The smallest absolute Gasteiger partial charge is 0.162 e. The van der Waals surface area contributed by atoms with Gasteiger partial charge in [-0.05, 0) is 80.5 Å². The molecule has 3 heteroatoms. The fraction of sp³-hybridized carbons (Fsp3) is 0.909. The summed E-state index contributed by atoms with van der Waals surface area (Å²) in [5, 5.41) is 11.4. The van der Waals surface area contributed by atoms with Gasteiger partial charge in [0.2, 0.25) is 0 Å². The number of aliphatic hydroxyl groups is 1. The lowest BCUT2D eigenvalue weighted by molar-refractivity contribution is -0.173. The maximum atomic E-state index is 12.4. The predicted octanol–water partition coefficient (Wildman–Crippen LogP) is 4.16. The van der Waals surface area contributed by atoms with Crippen LogP contribution >= 0.6 is 0 Å². The highest BCUT2D eigenvalue weighted by Gasteiger charge is 2.68. The van der Waals surface area contributed by atoms with E-state index in [1.54, 1.807) is 6.92 Å². The molecule has 1 N–H and O–H groups in total. The van der Waals surface area contributed by atoms with Crippen LogP contribution in [0.1, 0.15) is 79.1 Å². The average molecular weight is 347 g/mol. The number of hydrogen-bond donors (Lipinski definition) is 1. The van der Waals surface area contributed by atoms with Gasteiger partial charge >= 0.3 is 0 Å². The normalized spacial score (nSPS) is 55.2. The Labute approximate surface area is 151 Å². The van der Waals surface area contributed by atoms with E-state index in [0.29, 0.717) is 34.9 Å². The first kappa shape index (κ1) is 17.7. The second-order valence-electron chi connectivity index (χ2n) is 10.3. The molecule has 140 valence electrons. The van der Waals surface area contributed by atoms with Crippen molar-refractivity contribution < 1.29 is 14.7 Å². The fourth-order valence-corrected chi connectivity index (χ4v) is 8.14. The number of carbonyl (C=O) groups is 2. The van der Waals surface area contributed by atoms with Crippen LogP contribution in [-0.2, 0) is 9.59 Å². The third-order valence-corrected chi connectivity index (χ3v) is 9.60. The predicted molar refractivity (Wildman–Crippen MR) is 96.9 cm³/mol. The molecule has 8 atom stereocenters. The number of ketones is 2. The van der Waals surface area contributed by atoms with Gasteiger partial charge in [-0.1, -0.05) is 20.8 Å². The SMILES string of the molecule is CC(=O)C1(O)C(C)CC2C3CCC4CC(=O)CCC4(C)C3CCC21C. The zero-order valence-corrected chi connectivity index (χ0v) is 16.3. The van der Waals surface area contributed by atoms with Crippen LogP contribution in [-0.4, -0.2) is 22.3 Å². The molecule has 0 bridgehead atoms. The minimum absolute atomic E-state index is 0.0355. The zero-order valence-electron chi connectivity index (χ0n) is 16.3. The van der Waals surface area contributed by atoms with Gasteiger partial charge < -0.3 is 5.11 Å². The molecule has 3 nitrogen and oxygen atoms in total. The molecule has 8 unspecified atom stereocenters. The van der Waals surface area contributed by atoms with Crippen LogP contribution in [0, 0.1) is 40.4 Å². The van der Waals surface area contributed by atoms with Gasteiger partial charge in [0.05, 0.1) is 0 Å². The summed E-state index contributed by atoms with van der Waals surface area (Å²) in [5.74, 6) is 2.77. The van der Waals surface area contributed by atoms with Gasteiger partial charge in [-0.15, -0.1) is 0 Å². The monoisotopic (exact) mass is 346 g/mol. The molecule has 0 radical (unpaired) electrons. The minimum atomic E-state index is -1.15. The lowest BCUT2D eigenvalue weighted by Crippen LogP contribution is -2.59. The molecule has 4 saturated carbocycles. The van der Waals surface area contributed by atoms with Gasteiger partial charge in [-0.3, -0.25) is 9.59 Å². The highest BCUT2D eigenvalue weighted by Crippen LogP contribution is 2.69. The third-order valence-electron chi connectivity index (χ3n) is 9.60. The summed E-state index contributed by atoms with van der Waals surface area (Å²) in [4.78, 5) is 24.4. The lowest BCUT2D eigenvalue weighted by atomic mass is 9.44. The highest BCUT2D eigenvalue weighted by molar-refractivity contribution is 5.86. The van der Waals surface area contributed by atoms with E-state index in [1.807, 2.05) is 0 Å². The molecular formula is C22H34O3. The molecular weight excluding hydrogens is 312 g/mol. The molecule has 0 aliphatic heterocycles. The molecule has 0 aromatic rings. The first-order chi connectivity index (χ1) is 11.6. The van der Waals surface area contributed by atoms with Crippen molar-refractivity contribution >= 4 is 11.6 Å². The number of hydrogen-bond acceptors (Lipinski definition) is 3. The Hall–Kier alpha value is -0.700. The van der Waals surface area contributed by atoms with Crippen LogP contribution in [0.2, 0.25) is 0 Å². The third kappa shape index (κ3) is 2.08. The summed E-state index contributed by atoms with van der Waals surface area (Å²) in [6, 6.07) is 0. The van der Waals surface area contributed by atoms with E-state index in [4.69, 9.17) is 0 Å². The Morgan fingerprint density at radius 2 is 1.84 bits per heavy atom. The van der Waals surface area contributed by atoms with Crippen molar-refractivity contribution in [3.8, 4) is 0 Å². The van der Waals surface area contributed by atoms with Crippen molar-refractivity contribution in [2.45, 2.75) is 84.7 Å². The Kier molecular flexibility index (Phi) is 3.83. The first-order valence-corrected chi connectivity index (χ1v) is 10.4. The standard InChI is InChI=1S/C22H34O3/c1-13-11-19-17-6-5-15-12-16(24)7-9-20(15,3)18(17)8-10-21(19,4)22(13,25)14(2)23/h13,15,17-19,25H,5-12H2,1-4H3. The molecule has 4 aliphatic rings. The van der Waals surface area contributed by atoms with E-state index in [9.17, 15) is 14.7 Å². The topological polar surface area (TPSA) is 54.4 Å². The van der Waals surface area contributed by atoms with E-state index in [-0.39, 0.29) is 17.1 Å². The Balaban J connectivity index is 1.68. The van der Waals surface area contributed by atoms with Gasteiger partial charge in [0.1, 0.15) is 11.4 Å². The second-order valence-corrected chi connectivity index (χ2v) is 10.3. The van der Waals surface area contributed by atoms with Crippen molar-refractivity contribution in [3.63, 3.8) is 0 Å². The van der Waals surface area contributed by atoms with Crippen molar-refractivity contribution in [2.75, 3.05) is 0 Å². The van der Waals surface area contributed by atoms with Crippen molar-refractivity contribution in [3.05, 3.63) is 0 Å². The summed E-state index contributed by atoms with van der Waals surface area (Å²) in [5.41, 5.74) is -1.13. The number of Topliss-reactive ketones (excluding diaryl/α,β-unsaturated/α-hetero) is 2. The number of carbonyl (C=O) groups excluding carboxylic acids is 2. The van der Waals surface area contributed by atoms with E-state index >= 15 is 0 Å². The number of rotatable bonds is 1. The van der Waals surface area contributed by atoms with Crippen LogP contribution < -0.4 is 0 Å². The van der Waals surface area contributed by atoms with Gasteiger partial charge in [-0.2, -0.15) is 0 Å². The molecule has 0 saturated heterocycles. The highest BCUT2D eigenvalue weighted by atomic mass is 16.3. The van der Waals surface area contributed by atoms with Gasteiger partial charge in [-0.25, -0.2) is 0 Å². The van der Waals surface area contributed by atoms with Crippen LogP contribution in [0.25, 0.3) is 0 Å². The second kappa shape index (κ2) is 5.41. The van der Waals surface area contributed by atoms with Gasteiger partial charge in [0.25, 0.3) is 0 Å². The van der Waals surface area contributed by atoms with E-state index in [1.165, 1.54) is 6.42 Å². The molecule has 0 heterocycles. The summed E-state index contributed by atoms with van der Waals surface area (Å²) in [6.45, 7) is 8.30. The molecule has 4 rings (SSSR count). The first-order valence-electron chi connectivity index (χ1n) is 10.4. The fourth-order valence-electron chi connectivity index (χ4n) is 8.14. The maximum absolute atomic E-state index is 12.4. The molecule has 0 spiro atoms.